The predicted molar refractivity (Wildman–Crippen MR) is 41.2 cm³/mol. The molecule has 2 atom stereocenters. The van der Waals surface area contributed by atoms with Crippen molar-refractivity contribution >= 4 is 8.03 Å². The van der Waals surface area contributed by atoms with Gasteiger partial charge in [0, 0.05) is 27.9 Å². The Morgan fingerprint density at radius 1 is 1.25 bits per heavy atom. The molecule has 1 aromatic rings. The van der Waals surface area contributed by atoms with Crippen LogP contribution in [0.5, 0.6) is 0 Å². The van der Waals surface area contributed by atoms with Crippen molar-refractivity contribution < 1.29 is 36.9 Å². The van der Waals surface area contributed by atoms with Gasteiger partial charge in [0.25, 0.3) is 0 Å². The van der Waals surface area contributed by atoms with Gasteiger partial charge in [-0.25, -0.2) is 0 Å². The summed E-state index contributed by atoms with van der Waals surface area (Å²) < 4.78 is 10.4. The molecule has 1 rings (SSSR count). The molecule has 0 saturated carbocycles. The van der Waals surface area contributed by atoms with Gasteiger partial charge in [0.05, 0.1) is 0 Å². The van der Waals surface area contributed by atoms with E-state index in [1.54, 1.807) is 30.3 Å². The molecule has 0 spiro atoms. The summed E-state index contributed by atoms with van der Waals surface area (Å²) in [7, 11) is -2.53. The molecule has 0 amide bonds. The van der Waals surface area contributed by atoms with Crippen LogP contribution in [0.4, 0.5) is 0 Å². The summed E-state index contributed by atoms with van der Waals surface area (Å²) in [6, 6.07) is 8.40. The van der Waals surface area contributed by atoms with E-state index in [0.717, 1.165) is 0 Å². The zero-order chi connectivity index (χ0) is 8.27. The van der Waals surface area contributed by atoms with Crippen LogP contribution in [0, 0.1) is 0 Å². The molecule has 0 bridgehead atoms. The van der Waals surface area contributed by atoms with Gasteiger partial charge in [0.1, 0.15) is 0 Å². The summed E-state index contributed by atoms with van der Waals surface area (Å²) >= 11 is 0. The molecule has 2 unspecified atom stereocenters. The fraction of sp³-hybridized carbons (Fsp3) is 0.143. The Kier molecular flexibility index (Phi) is 5.59. The van der Waals surface area contributed by atoms with E-state index < -0.39 is 13.9 Å². The number of rotatable bonds is 2. The van der Waals surface area contributed by atoms with Gasteiger partial charge in [-0.2, -0.15) is 4.89 Å². The molecule has 1 aromatic carbocycles. The van der Waals surface area contributed by atoms with Crippen LogP contribution < -0.4 is 0 Å². The fourth-order valence-corrected chi connectivity index (χ4v) is 1.18. The van der Waals surface area contributed by atoms with Gasteiger partial charge in [0.15, 0.2) is 0 Å². The van der Waals surface area contributed by atoms with Gasteiger partial charge in [-0.1, -0.05) is 30.3 Å². The van der Waals surface area contributed by atoms with E-state index in [4.69, 9.17) is 10.00 Å². The summed E-state index contributed by atoms with van der Waals surface area (Å²) in [4.78, 5) is 8.53. The van der Waals surface area contributed by atoms with E-state index >= 15 is 0 Å². The first-order valence-electron chi connectivity index (χ1n) is 3.10. The van der Waals surface area contributed by atoms with Crippen LogP contribution in [-0.2, 0) is 26.9 Å². The quantitative estimate of drug-likeness (QED) is 0.627. The van der Waals surface area contributed by atoms with Gasteiger partial charge >= 0.3 is 13.9 Å². The van der Waals surface area contributed by atoms with Gasteiger partial charge in [-0.15, -0.1) is 0 Å². The Morgan fingerprint density at radius 2 is 1.75 bits per heavy atom. The maximum atomic E-state index is 10.4. The largest absolute Gasteiger partial charge is 0.542 e. The summed E-state index contributed by atoms with van der Waals surface area (Å²) in [5.41, 5.74) is 0.469. The zero-order valence-corrected chi connectivity index (χ0v) is 9.25. The summed E-state index contributed by atoms with van der Waals surface area (Å²) in [5.74, 6) is -1.26. The van der Waals surface area contributed by atoms with Crippen molar-refractivity contribution in [2.75, 3.05) is 0 Å². The van der Waals surface area contributed by atoms with Crippen LogP contribution in [0.1, 0.15) is 11.4 Å². The normalized spacial score (nSPS) is 13.0. The van der Waals surface area contributed by atoms with Crippen molar-refractivity contribution in [2.45, 2.75) is 5.85 Å². The Bertz CT molecular complexity index is 252. The fourth-order valence-electron chi connectivity index (χ4n) is 0.753. The topological polar surface area (TPSA) is 57.5 Å². The third-order valence-corrected chi connectivity index (χ3v) is 2.02. The molecule has 1 radical (unpaired) electrons. The van der Waals surface area contributed by atoms with Gasteiger partial charge in [0.2, 0.25) is 0 Å². The molecule has 3 nitrogen and oxygen atoms in total. The second kappa shape index (κ2) is 5.60. The number of hydrogen-bond acceptors (Lipinski definition) is 2. The monoisotopic (exact) mass is 264 g/mol. The number of aliphatic hydroxyl groups excluding tert-OH is 1. The zero-order valence-electron chi connectivity index (χ0n) is 6.16. The molecule has 2 N–H and O–H groups in total. The maximum Gasteiger partial charge on any atom is 0.542 e. The molecular formula is C7H8NbO3P+. The molecule has 0 aliphatic carbocycles. The van der Waals surface area contributed by atoms with E-state index in [0.29, 0.717) is 5.56 Å². The van der Waals surface area contributed by atoms with E-state index in [1.807, 2.05) is 0 Å². The molecular weight excluding hydrogens is 256 g/mol. The van der Waals surface area contributed by atoms with Crippen LogP contribution in [0.25, 0.3) is 0 Å². The number of benzene rings is 1. The minimum absolute atomic E-state index is 0. The van der Waals surface area contributed by atoms with E-state index in [2.05, 4.69) is 0 Å². The molecule has 0 saturated heterocycles. The Hall–Kier alpha value is -0.0197. The van der Waals surface area contributed by atoms with Crippen LogP contribution in [0.15, 0.2) is 30.3 Å². The number of hydrogen-bond donors (Lipinski definition) is 2. The Morgan fingerprint density at radius 3 is 2.17 bits per heavy atom. The van der Waals surface area contributed by atoms with Crippen LogP contribution in [-0.4, -0.2) is 10.00 Å². The second-order valence-corrected chi connectivity index (χ2v) is 3.18. The third-order valence-electron chi connectivity index (χ3n) is 1.31. The first-order valence-corrected chi connectivity index (χ1v) is 4.38. The smallest absolute Gasteiger partial charge is 0.345 e. The molecule has 12 heavy (non-hydrogen) atoms. The maximum absolute atomic E-state index is 10.4. The van der Waals surface area contributed by atoms with Gasteiger partial charge < -0.3 is 5.11 Å². The van der Waals surface area contributed by atoms with E-state index in [1.165, 1.54) is 0 Å². The van der Waals surface area contributed by atoms with Crippen molar-refractivity contribution in [3.05, 3.63) is 35.9 Å². The number of aliphatic hydroxyl groups is 1. The molecule has 0 fully saturated rings. The second-order valence-electron chi connectivity index (χ2n) is 2.09. The summed E-state index contributed by atoms with van der Waals surface area (Å²) in [6.45, 7) is 0. The molecule has 0 aliphatic heterocycles. The van der Waals surface area contributed by atoms with Crippen molar-refractivity contribution in [1.29, 1.82) is 0 Å². The van der Waals surface area contributed by atoms with Gasteiger partial charge in [-0.3, -0.25) is 0 Å². The van der Waals surface area contributed by atoms with E-state index in [-0.39, 0.29) is 22.4 Å². The van der Waals surface area contributed by atoms with Crippen LogP contribution >= 0.6 is 8.03 Å². The van der Waals surface area contributed by atoms with Crippen molar-refractivity contribution in [3.8, 4) is 0 Å². The SMILES string of the molecule is O=[P+](O)C(O)c1ccccc1.[Nb]. The standard InChI is InChI=1S/C7H7O3P.Nb/c8-7(11(9)10)6-4-2-1-3-5-6;/h1-5,7-8H;/p+1. The van der Waals surface area contributed by atoms with Crippen LogP contribution in [0.3, 0.4) is 0 Å². The molecule has 0 heterocycles. The molecule has 0 aromatic heterocycles. The Labute approximate surface area is 86.8 Å². The van der Waals surface area contributed by atoms with Crippen LogP contribution in [0.2, 0.25) is 0 Å². The Balaban J connectivity index is 0.00000121. The van der Waals surface area contributed by atoms with E-state index in [9.17, 15) is 4.57 Å². The molecule has 5 heteroatoms. The average molecular weight is 264 g/mol. The summed E-state index contributed by atoms with van der Waals surface area (Å²) in [5, 5.41) is 9.06. The predicted octanol–water partition coefficient (Wildman–Crippen LogP) is 1.41. The minimum Gasteiger partial charge on any atom is -0.345 e. The average Bonchev–Trinajstić information content (AvgIpc) is 2.05. The van der Waals surface area contributed by atoms with Crippen molar-refractivity contribution in [3.63, 3.8) is 0 Å². The molecule has 63 valence electrons. The van der Waals surface area contributed by atoms with Crippen molar-refractivity contribution in [1.82, 2.24) is 0 Å². The minimum atomic E-state index is -2.53. The van der Waals surface area contributed by atoms with Gasteiger partial charge in [-0.05, 0) is 4.57 Å². The van der Waals surface area contributed by atoms with Crippen molar-refractivity contribution in [2.24, 2.45) is 0 Å². The first kappa shape index (κ1) is 12.0. The molecule has 0 aliphatic rings. The first-order chi connectivity index (χ1) is 5.22. The third kappa shape index (κ3) is 3.15. The summed E-state index contributed by atoms with van der Waals surface area (Å²) in [6.07, 6.45) is 0.